The number of aryl methyl sites for hydroxylation is 1. The van der Waals surface area contributed by atoms with E-state index in [0.29, 0.717) is 24.6 Å². The Morgan fingerprint density at radius 3 is 2.23 bits per heavy atom. The van der Waals surface area contributed by atoms with Crippen molar-refractivity contribution in [1.29, 1.82) is 0 Å². The van der Waals surface area contributed by atoms with Gasteiger partial charge in [-0.05, 0) is 35.8 Å². The van der Waals surface area contributed by atoms with Crippen molar-refractivity contribution in [3.8, 4) is 0 Å². The maximum atomic E-state index is 13.6. The van der Waals surface area contributed by atoms with Crippen LogP contribution >= 0.6 is 0 Å². The maximum absolute atomic E-state index is 13.6. The molecule has 2 aliphatic rings. The summed E-state index contributed by atoms with van der Waals surface area (Å²) in [5.41, 5.74) is 3.61. The molecule has 0 unspecified atom stereocenters. The van der Waals surface area contributed by atoms with E-state index in [1.165, 1.54) is 0 Å². The molecule has 0 aliphatic carbocycles. The number of sulfonamides is 1. The number of fused-ring (bicyclic) bond motifs is 1. The standard InChI is InChI=1S/C26H25NO3S/c1-20-12-14-23(15-13-20)31(28,29)27-18-25-24(21-8-4-2-5-9-21)16-17-30-26(25,19-27)22-10-6-3-7-11-22/h2-16,25H,17-19H2,1H3/t25-,26+/m1/s1. The minimum Gasteiger partial charge on any atom is -0.364 e. The Morgan fingerprint density at radius 1 is 0.903 bits per heavy atom. The molecule has 1 saturated heterocycles. The molecular formula is C26H25NO3S. The summed E-state index contributed by atoms with van der Waals surface area (Å²) in [5, 5.41) is 0. The predicted molar refractivity (Wildman–Crippen MR) is 122 cm³/mol. The molecule has 2 aliphatic heterocycles. The van der Waals surface area contributed by atoms with Crippen molar-refractivity contribution < 1.29 is 13.2 Å². The van der Waals surface area contributed by atoms with Crippen molar-refractivity contribution in [2.24, 2.45) is 5.92 Å². The fourth-order valence-electron chi connectivity index (χ4n) is 4.79. The van der Waals surface area contributed by atoms with Crippen LogP contribution in [-0.2, 0) is 20.4 Å². The highest BCUT2D eigenvalue weighted by atomic mass is 32.2. The third-order valence-corrected chi connectivity index (χ3v) is 8.23. The van der Waals surface area contributed by atoms with Gasteiger partial charge in [-0.1, -0.05) is 84.4 Å². The number of hydrogen-bond donors (Lipinski definition) is 0. The van der Waals surface area contributed by atoms with Crippen molar-refractivity contribution >= 4 is 15.6 Å². The largest absolute Gasteiger partial charge is 0.364 e. The molecule has 31 heavy (non-hydrogen) atoms. The molecule has 0 amide bonds. The summed E-state index contributed by atoms with van der Waals surface area (Å²) in [6.07, 6.45) is 2.10. The van der Waals surface area contributed by atoms with E-state index in [0.717, 1.165) is 22.3 Å². The zero-order valence-corrected chi connectivity index (χ0v) is 18.3. The number of ether oxygens (including phenoxy) is 1. The molecule has 1 fully saturated rings. The normalized spacial score (nSPS) is 23.9. The summed E-state index contributed by atoms with van der Waals surface area (Å²) in [6.45, 7) is 3.08. The number of hydrogen-bond acceptors (Lipinski definition) is 3. The molecule has 3 aromatic carbocycles. The molecule has 5 heteroatoms. The van der Waals surface area contributed by atoms with Gasteiger partial charge >= 0.3 is 0 Å². The molecule has 0 saturated carbocycles. The van der Waals surface area contributed by atoms with Crippen molar-refractivity contribution in [2.45, 2.75) is 17.4 Å². The Bertz CT molecular complexity index is 1200. The van der Waals surface area contributed by atoms with E-state index in [1.807, 2.05) is 67.6 Å². The van der Waals surface area contributed by atoms with Crippen LogP contribution < -0.4 is 0 Å². The Hall–Kier alpha value is -2.73. The lowest BCUT2D eigenvalue weighted by molar-refractivity contribution is -0.0487. The Morgan fingerprint density at radius 2 is 1.55 bits per heavy atom. The molecule has 0 radical (unpaired) electrons. The summed E-state index contributed by atoms with van der Waals surface area (Å²) in [5.74, 6) is -0.0914. The van der Waals surface area contributed by atoms with Gasteiger partial charge in [0.2, 0.25) is 10.0 Å². The first-order valence-corrected chi connectivity index (χ1v) is 12.0. The first-order chi connectivity index (χ1) is 15.0. The Kier molecular flexibility index (Phi) is 5.05. The maximum Gasteiger partial charge on any atom is 0.243 e. The third-order valence-electron chi connectivity index (χ3n) is 6.41. The fourth-order valence-corrected chi connectivity index (χ4v) is 6.28. The van der Waals surface area contributed by atoms with E-state index >= 15 is 0 Å². The van der Waals surface area contributed by atoms with E-state index in [2.05, 4.69) is 18.2 Å². The summed E-state index contributed by atoms with van der Waals surface area (Å²) >= 11 is 0. The van der Waals surface area contributed by atoms with Crippen LogP contribution in [0, 0.1) is 12.8 Å². The molecule has 0 aromatic heterocycles. The highest BCUT2D eigenvalue weighted by molar-refractivity contribution is 7.89. The number of benzene rings is 3. The molecule has 3 aromatic rings. The Labute approximate surface area is 183 Å². The first kappa shape index (κ1) is 20.2. The van der Waals surface area contributed by atoms with Crippen molar-refractivity contribution in [2.75, 3.05) is 19.7 Å². The highest BCUT2D eigenvalue weighted by Crippen LogP contribution is 2.50. The number of rotatable bonds is 4. The molecule has 0 bridgehead atoms. The molecule has 158 valence electrons. The molecule has 5 rings (SSSR count). The minimum absolute atomic E-state index is 0.0914. The summed E-state index contributed by atoms with van der Waals surface area (Å²) < 4.78 is 35.1. The van der Waals surface area contributed by atoms with Crippen LogP contribution in [0.3, 0.4) is 0 Å². The van der Waals surface area contributed by atoms with Crippen LogP contribution in [0.1, 0.15) is 16.7 Å². The van der Waals surface area contributed by atoms with E-state index in [4.69, 9.17) is 4.74 Å². The second-order valence-corrected chi connectivity index (χ2v) is 10.2. The monoisotopic (exact) mass is 431 g/mol. The molecule has 2 heterocycles. The van der Waals surface area contributed by atoms with Gasteiger partial charge in [0.1, 0.15) is 5.60 Å². The van der Waals surface area contributed by atoms with Crippen LogP contribution in [0.2, 0.25) is 0 Å². The second kappa shape index (κ2) is 7.75. The Balaban J connectivity index is 1.60. The zero-order chi connectivity index (χ0) is 21.5. The summed E-state index contributed by atoms with van der Waals surface area (Å²) in [4.78, 5) is 0.324. The van der Waals surface area contributed by atoms with Gasteiger partial charge < -0.3 is 4.74 Å². The van der Waals surface area contributed by atoms with Gasteiger partial charge in [-0.2, -0.15) is 4.31 Å². The highest BCUT2D eigenvalue weighted by Gasteiger charge is 2.54. The van der Waals surface area contributed by atoms with Crippen LogP contribution in [0.5, 0.6) is 0 Å². The second-order valence-electron chi connectivity index (χ2n) is 8.26. The molecule has 4 nitrogen and oxygen atoms in total. The lowest BCUT2D eigenvalue weighted by atomic mass is 9.76. The van der Waals surface area contributed by atoms with Gasteiger partial charge in [-0.15, -0.1) is 0 Å². The van der Waals surface area contributed by atoms with Crippen LogP contribution in [0.25, 0.3) is 5.57 Å². The lowest BCUT2D eigenvalue weighted by Gasteiger charge is -2.39. The van der Waals surface area contributed by atoms with Crippen LogP contribution in [-0.4, -0.2) is 32.4 Å². The molecule has 0 N–H and O–H groups in total. The topological polar surface area (TPSA) is 46.6 Å². The third kappa shape index (κ3) is 3.43. The van der Waals surface area contributed by atoms with Crippen molar-refractivity contribution in [3.63, 3.8) is 0 Å². The van der Waals surface area contributed by atoms with E-state index < -0.39 is 15.6 Å². The smallest absolute Gasteiger partial charge is 0.243 e. The van der Waals surface area contributed by atoms with Crippen LogP contribution in [0.4, 0.5) is 0 Å². The van der Waals surface area contributed by atoms with Gasteiger partial charge in [-0.25, -0.2) is 8.42 Å². The summed E-state index contributed by atoms with van der Waals surface area (Å²) in [7, 11) is -3.64. The van der Waals surface area contributed by atoms with E-state index in [1.54, 1.807) is 16.4 Å². The van der Waals surface area contributed by atoms with Gasteiger partial charge in [0.25, 0.3) is 0 Å². The number of nitrogens with zero attached hydrogens (tertiary/aromatic N) is 1. The lowest BCUT2D eigenvalue weighted by Crippen LogP contribution is -2.41. The minimum atomic E-state index is -3.64. The molecular weight excluding hydrogens is 406 g/mol. The molecule has 0 spiro atoms. The van der Waals surface area contributed by atoms with Gasteiger partial charge in [0.15, 0.2) is 0 Å². The van der Waals surface area contributed by atoms with Gasteiger partial charge in [0, 0.05) is 19.0 Å². The predicted octanol–water partition coefficient (Wildman–Crippen LogP) is 4.62. The first-order valence-electron chi connectivity index (χ1n) is 10.5. The molecule has 2 atom stereocenters. The van der Waals surface area contributed by atoms with E-state index in [9.17, 15) is 8.42 Å². The van der Waals surface area contributed by atoms with Crippen molar-refractivity contribution in [3.05, 3.63) is 108 Å². The quantitative estimate of drug-likeness (QED) is 0.605. The van der Waals surface area contributed by atoms with Crippen molar-refractivity contribution in [1.82, 2.24) is 4.31 Å². The van der Waals surface area contributed by atoms with Gasteiger partial charge in [-0.3, -0.25) is 0 Å². The average Bonchev–Trinajstić information content (AvgIpc) is 3.23. The fraction of sp³-hybridized carbons (Fsp3) is 0.231. The zero-order valence-electron chi connectivity index (χ0n) is 17.4. The average molecular weight is 432 g/mol. The van der Waals surface area contributed by atoms with Crippen LogP contribution in [0.15, 0.2) is 95.9 Å². The SMILES string of the molecule is Cc1ccc(S(=O)(=O)N2C[C@@H]3C(c4ccccc4)=CCO[C@]3(c3ccccc3)C2)cc1. The summed E-state index contributed by atoms with van der Waals surface area (Å²) in [6, 6.07) is 27.3. The van der Waals surface area contributed by atoms with E-state index in [-0.39, 0.29) is 5.92 Å². The van der Waals surface area contributed by atoms with Gasteiger partial charge in [0.05, 0.1) is 11.5 Å².